The smallest absolute Gasteiger partial charge is 0.205 e. The zero-order chi connectivity index (χ0) is 19.8. The predicted molar refractivity (Wildman–Crippen MR) is 108 cm³/mol. The van der Waals surface area contributed by atoms with Crippen molar-refractivity contribution in [2.24, 2.45) is 5.73 Å². The summed E-state index contributed by atoms with van der Waals surface area (Å²) in [6.07, 6.45) is 0.840. The van der Waals surface area contributed by atoms with Gasteiger partial charge in [-0.3, -0.25) is 4.79 Å². The third-order valence-corrected chi connectivity index (χ3v) is 5.81. The third-order valence-electron chi connectivity index (χ3n) is 5.22. The summed E-state index contributed by atoms with van der Waals surface area (Å²) in [6.45, 7) is 0. The molecule has 6 heteroatoms. The number of allylic oxidation sites excluding steroid dienone is 3. The number of nitriles is 1. The summed E-state index contributed by atoms with van der Waals surface area (Å²) in [6, 6.07) is 16.7. The quantitative estimate of drug-likeness (QED) is 0.737. The Balaban J connectivity index is 1.80. The van der Waals surface area contributed by atoms with Gasteiger partial charge in [-0.1, -0.05) is 53.5 Å². The van der Waals surface area contributed by atoms with Gasteiger partial charge in [0.25, 0.3) is 0 Å². The van der Waals surface area contributed by atoms with Crippen LogP contribution in [0.15, 0.2) is 71.3 Å². The molecule has 140 valence electrons. The van der Waals surface area contributed by atoms with E-state index in [0.29, 0.717) is 39.8 Å². The fraction of sp³-hybridized carbons (Fsp3) is 0.182. The molecule has 0 bridgehead atoms. The lowest BCUT2D eigenvalue weighted by atomic mass is 9.73. The number of carbonyl (C=O) groups is 1. The maximum absolute atomic E-state index is 13.2. The Morgan fingerprint density at radius 1 is 1.07 bits per heavy atom. The van der Waals surface area contributed by atoms with Gasteiger partial charge in [0, 0.05) is 28.5 Å². The first-order valence-electron chi connectivity index (χ1n) is 8.83. The molecule has 2 N–H and O–H groups in total. The highest BCUT2D eigenvalue weighted by Gasteiger charge is 2.41. The molecule has 2 aromatic carbocycles. The summed E-state index contributed by atoms with van der Waals surface area (Å²) in [4.78, 5) is 13.2. The second-order valence-corrected chi connectivity index (χ2v) is 7.71. The molecular weight excluding hydrogens is 395 g/mol. The molecule has 1 aliphatic heterocycles. The summed E-state index contributed by atoms with van der Waals surface area (Å²) in [5, 5.41) is 10.8. The maximum atomic E-state index is 13.2. The second-order valence-electron chi connectivity index (χ2n) is 6.86. The van der Waals surface area contributed by atoms with Crippen molar-refractivity contribution in [3.8, 4) is 6.07 Å². The number of nitrogens with two attached hydrogens (primary N) is 1. The number of benzene rings is 2. The Morgan fingerprint density at radius 3 is 2.46 bits per heavy atom. The number of carbonyl (C=O) groups excluding carboxylic acids is 1. The average molecular weight is 411 g/mol. The van der Waals surface area contributed by atoms with Gasteiger partial charge in [-0.05, 0) is 35.2 Å². The lowest BCUT2D eigenvalue weighted by Gasteiger charge is -2.34. The molecule has 1 aliphatic carbocycles. The molecule has 2 aromatic rings. The van der Waals surface area contributed by atoms with Gasteiger partial charge in [-0.25, -0.2) is 0 Å². The fourth-order valence-electron chi connectivity index (χ4n) is 3.90. The molecule has 0 radical (unpaired) electrons. The van der Waals surface area contributed by atoms with E-state index >= 15 is 0 Å². The van der Waals surface area contributed by atoms with Gasteiger partial charge in [0.05, 0.1) is 5.92 Å². The minimum absolute atomic E-state index is 0.0238. The van der Waals surface area contributed by atoms with Crippen molar-refractivity contribution >= 4 is 29.0 Å². The molecule has 1 heterocycles. The summed E-state index contributed by atoms with van der Waals surface area (Å²) >= 11 is 12.4. The molecule has 0 aromatic heterocycles. The second kappa shape index (κ2) is 7.35. The number of nitrogens with zero attached hydrogens (tertiary/aromatic N) is 1. The van der Waals surface area contributed by atoms with Crippen molar-refractivity contribution in [3.05, 3.63) is 92.5 Å². The van der Waals surface area contributed by atoms with Crippen molar-refractivity contribution in [3.63, 3.8) is 0 Å². The molecule has 0 spiro atoms. The van der Waals surface area contributed by atoms with Gasteiger partial charge in [-0.2, -0.15) is 5.26 Å². The van der Waals surface area contributed by atoms with Gasteiger partial charge >= 0.3 is 0 Å². The molecule has 2 atom stereocenters. The van der Waals surface area contributed by atoms with E-state index < -0.39 is 5.92 Å². The standard InChI is InChI=1S/C22H16Cl2N2O2/c23-14-7-5-12(6-8-14)13-9-18(27)21-19(10-13)28-22(26)16(11-25)20(21)15-3-1-2-4-17(15)24/h1-8,13,20H,9-10,26H2/t13-,20+/m0/s1. The predicted octanol–water partition coefficient (Wildman–Crippen LogP) is 5.20. The van der Waals surface area contributed by atoms with E-state index in [1.165, 1.54) is 0 Å². The van der Waals surface area contributed by atoms with Gasteiger partial charge in [0.2, 0.25) is 5.88 Å². The molecule has 28 heavy (non-hydrogen) atoms. The van der Waals surface area contributed by atoms with E-state index in [0.717, 1.165) is 5.56 Å². The van der Waals surface area contributed by atoms with E-state index in [1.54, 1.807) is 12.1 Å². The normalized spacial score (nSPS) is 21.8. The molecular formula is C22H16Cl2N2O2. The van der Waals surface area contributed by atoms with Crippen LogP contribution in [-0.4, -0.2) is 5.78 Å². The van der Waals surface area contributed by atoms with Crippen LogP contribution in [0, 0.1) is 11.3 Å². The van der Waals surface area contributed by atoms with Crippen molar-refractivity contribution < 1.29 is 9.53 Å². The van der Waals surface area contributed by atoms with Crippen LogP contribution in [0.2, 0.25) is 10.0 Å². The number of halogens is 2. The van der Waals surface area contributed by atoms with E-state index in [2.05, 4.69) is 6.07 Å². The first kappa shape index (κ1) is 18.6. The van der Waals surface area contributed by atoms with Gasteiger partial charge in [0.15, 0.2) is 5.78 Å². The maximum Gasteiger partial charge on any atom is 0.205 e. The Labute approximate surface area is 172 Å². The number of hydrogen-bond donors (Lipinski definition) is 1. The number of rotatable bonds is 2. The van der Waals surface area contributed by atoms with E-state index in [4.69, 9.17) is 33.7 Å². The van der Waals surface area contributed by atoms with E-state index in [-0.39, 0.29) is 23.2 Å². The van der Waals surface area contributed by atoms with Crippen LogP contribution in [0.4, 0.5) is 0 Å². The highest BCUT2D eigenvalue weighted by atomic mass is 35.5. The topological polar surface area (TPSA) is 76.1 Å². The van der Waals surface area contributed by atoms with Crippen molar-refractivity contribution in [2.45, 2.75) is 24.7 Å². The largest absolute Gasteiger partial charge is 0.444 e. The third kappa shape index (κ3) is 3.17. The molecule has 0 saturated heterocycles. The first-order valence-corrected chi connectivity index (χ1v) is 9.59. The number of ether oxygens (including phenoxy) is 1. The number of hydrogen-bond acceptors (Lipinski definition) is 4. The van der Waals surface area contributed by atoms with Crippen molar-refractivity contribution in [2.75, 3.05) is 0 Å². The molecule has 0 saturated carbocycles. The van der Waals surface area contributed by atoms with Crippen LogP contribution in [0.3, 0.4) is 0 Å². The summed E-state index contributed by atoms with van der Waals surface area (Å²) in [5.41, 5.74) is 8.43. The Morgan fingerprint density at radius 2 is 1.79 bits per heavy atom. The molecule has 0 amide bonds. The molecule has 4 nitrogen and oxygen atoms in total. The first-order chi connectivity index (χ1) is 13.5. The highest BCUT2D eigenvalue weighted by molar-refractivity contribution is 6.31. The Bertz CT molecular complexity index is 1060. The van der Waals surface area contributed by atoms with E-state index in [1.807, 2.05) is 36.4 Å². The number of ketones is 1. The van der Waals surface area contributed by atoms with Crippen LogP contribution >= 0.6 is 23.2 Å². The van der Waals surface area contributed by atoms with Crippen LogP contribution in [-0.2, 0) is 9.53 Å². The van der Waals surface area contributed by atoms with Gasteiger partial charge in [0.1, 0.15) is 17.4 Å². The van der Waals surface area contributed by atoms with Crippen molar-refractivity contribution in [1.29, 1.82) is 5.26 Å². The van der Waals surface area contributed by atoms with E-state index in [9.17, 15) is 10.1 Å². The SMILES string of the molecule is N#CC1=C(N)OC2=C(C(=O)C[C@H](c3ccc(Cl)cc3)C2)[C@@H]1c1ccccc1Cl. The summed E-state index contributed by atoms with van der Waals surface area (Å²) in [5.74, 6) is -0.173. The lowest BCUT2D eigenvalue weighted by molar-refractivity contribution is -0.117. The minimum Gasteiger partial charge on any atom is -0.444 e. The zero-order valence-corrected chi connectivity index (χ0v) is 16.3. The average Bonchev–Trinajstić information content (AvgIpc) is 2.68. The monoisotopic (exact) mass is 410 g/mol. The van der Waals surface area contributed by atoms with Gasteiger partial charge < -0.3 is 10.5 Å². The summed E-state index contributed by atoms with van der Waals surface area (Å²) in [7, 11) is 0. The zero-order valence-electron chi connectivity index (χ0n) is 14.8. The highest BCUT2D eigenvalue weighted by Crippen LogP contribution is 2.47. The molecule has 4 rings (SSSR count). The summed E-state index contributed by atoms with van der Waals surface area (Å²) < 4.78 is 5.76. The van der Waals surface area contributed by atoms with Crippen LogP contribution < -0.4 is 5.73 Å². The lowest BCUT2D eigenvalue weighted by Crippen LogP contribution is -2.30. The Hall–Kier alpha value is -2.74. The minimum atomic E-state index is -0.610. The fourth-order valence-corrected chi connectivity index (χ4v) is 4.27. The van der Waals surface area contributed by atoms with Gasteiger partial charge in [-0.15, -0.1) is 0 Å². The molecule has 2 aliphatic rings. The number of Topliss-reactive ketones (excluding diaryl/α,β-unsaturated/α-hetero) is 1. The van der Waals surface area contributed by atoms with Crippen LogP contribution in [0.5, 0.6) is 0 Å². The Kier molecular flexibility index (Phi) is 4.89. The van der Waals surface area contributed by atoms with Crippen LogP contribution in [0.25, 0.3) is 0 Å². The van der Waals surface area contributed by atoms with Crippen molar-refractivity contribution in [1.82, 2.24) is 0 Å². The molecule has 0 fully saturated rings. The molecule has 0 unspecified atom stereocenters. The van der Waals surface area contributed by atoms with Crippen LogP contribution in [0.1, 0.15) is 35.8 Å².